The lowest BCUT2D eigenvalue weighted by Gasteiger charge is -2.19. The number of rotatable bonds is 3. The smallest absolute Gasteiger partial charge is 0.373 e. The van der Waals surface area contributed by atoms with E-state index in [1.165, 1.54) is 19.3 Å². The first-order chi connectivity index (χ1) is 8.25. The summed E-state index contributed by atoms with van der Waals surface area (Å²) in [6.45, 7) is 0. The van der Waals surface area contributed by atoms with E-state index in [1.54, 1.807) is 0 Å². The van der Waals surface area contributed by atoms with E-state index < -0.39 is 5.97 Å². The summed E-state index contributed by atoms with van der Waals surface area (Å²) in [5.74, 6) is 0.461. The van der Waals surface area contributed by atoms with Gasteiger partial charge in [-0.2, -0.15) is 0 Å². The number of carbonyl (C=O) groups is 1. The molecule has 1 heterocycles. The standard InChI is InChI=1S/C13H17NO3/c15-13(16)11-10(8-4-2-1-3-5-8)14-12(17-11)9-6-7-9/h8-9H,1-7H2,(H,15,16). The maximum Gasteiger partial charge on any atom is 0.373 e. The molecule has 2 fully saturated rings. The van der Waals surface area contributed by atoms with Crippen molar-refractivity contribution >= 4 is 5.97 Å². The minimum Gasteiger partial charge on any atom is -0.475 e. The van der Waals surface area contributed by atoms with Crippen LogP contribution in [0.1, 0.15) is 78.9 Å². The van der Waals surface area contributed by atoms with Crippen LogP contribution < -0.4 is 0 Å². The zero-order chi connectivity index (χ0) is 11.8. The molecule has 0 aliphatic heterocycles. The van der Waals surface area contributed by atoms with Crippen molar-refractivity contribution < 1.29 is 14.3 Å². The van der Waals surface area contributed by atoms with Crippen molar-refractivity contribution in [3.63, 3.8) is 0 Å². The Morgan fingerprint density at radius 3 is 2.41 bits per heavy atom. The molecule has 1 N–H and O–H groups in total. The number of oxazole rings is 1. The number of aromatic carboxylic acids is 1. The summed E-state index contributed by atoms with van der Waals surface area (Å²) in [5, 5.41) is 9.18. The Kier molecular flexibility index (Phi) is 2.65. The molecule has 0 spiro atoms. The first-order valence-corrected chi connectivity index (χ1v) is 6.49. The highest BCUT2D eigenvalue weighted by Crippen LogP contribution is 2.42. The van der Waals surface area contributed by atoms with Crippen LogP contribution in [-0.2, 0) is 0 Å². The quantitative estimate of drug-likeness (QED) is 0.873. The van der Waals surface area contributed by atoms with Crippen LogP contribution in [-0.4, -0.2) is 16.1 Å². The molecule has 0 bridgehead atoms. The lowest BCUT2D eigenvalue weighted by molar-refractivity contribution is 0.0657. The van der Waals surface area contributed by atoms with Crippen LogP contribution >= 0.6 is 0 Å². The molecule has 2 aliphatic rings. The zero-order valence-electron chi connectivity index (χ0n) is 9.82. The number of carboxylic acids is 1. The van der Waals surface area contributed by atoms with Crippen LogP contribution in [0.2, 0.25) is 0 Å². The SMILES string of the molecule is O=C(O)c1oc(C2CC2)nc1C1CCCCC1. The average molecular weight is 235 g/mol. The molecule has 0 amide bonds. The third kappa shape index (κ3) is 2.08. The van der Waals surface area contributed by atoms with Gasteiger partial charge < -0.3 is 9.52 Å². The number of nitrogens with zero attached hydrogens (tertiary/aromatic N) is 1. The molecule has 0 unspecified atom stereocenters. The summed E-state index contributed by atoms with van der Waals surface area (Å²) in [5.41, 5.74) is 0.708. The van der Waals surface area contributed by atoms with Crippen LogP contribution in [0, 0.1) is 0 Å². The van der Waals surface area contributed by atoms with Crippen molar-refractivity contribution in [2.45, 2.75) is 56.8 Å². The third-order valence-electron chi connectivity index (χ3n) is 3.78. The Bertz CT molecular complexity index is 428. The molecular weight excluding hydrogens is 218 g/mol. The Balaban J connectivity index is 1.91. The molecule has 17 heavy (non-hydrogen) atoms. The van der Waals surface area contributed by atoms with Crippen LogP contribution in [0.25, 0.3) is 0 Å². The topological polar surface area (TPSA) is 63.3 Å². The minimum absolute atomic E-state index is 0.0961. The van der Waals surface area contributed by atoms with Crippen LogP contribution in [0.5, 0.6) is 0 Å². The monoisotopic (exact) mass is 235 g/mol. The van der Waals surface area contributed by atoms with Crippen molar-refractivity contribution in [1.29, 1.82) is 0 Å². The minimum atomic E-state index is -0.968. The van der Waals surface area contributed by atoms with Gasteiger partial charge in [-0.1, -0.05) is 19.3 Å². The second-order valence-electron chi connectivity index (χ2n) is 5.18. The van der Waals surface area contributed by atoms with Crippen LogP contribution in [0.15, 0.2) is 4.42 Å². The fourth-order valence-corrected chi connectivity index (χ4v) is 2.66. The number of hydrogen-bond acceptors (Lipinski definition) is 3. The molecular formula is C13H17NO3. The van der Waals surface area contributed by atoms with Crippen molar-refractivity contribution in [3.8, 4) is 0 Å². The molecule has 2 saturated carbocycles. The van der Waals surface area contributed by atoms with Crippen LogP contribution in [0.4, 0.5) is 0 Å². The van der Waals surface area contributed by atoms with Crippen molar-refractivity contribution in [1.82, 2.24) is 4.98 Å². The van der Waals surface area contributed by atoms with Crippen molar-refractivity contribution in [2.75, 3.05) is 0 Å². The molecule has 92 valence electrons. The predicted octanol–water partition coefficient (Wildman–Crippen LogP) is 3.30. The largest absolute Gasteiger partial charge is 0.475 e. The third-order valence-corrected chi connectivity index (χ3v) is 3.78. The van der Waals surface area contributed by atoms with E-state index in [2.05, 4.69) is 4.98 Å². The van der Waals surface area contributed by atoms with E-state index in [0.717, 1.165) is 25.7 Å². The Morgan fingerprint density at radius 2 is 1.82 bits per heavy atom. The van der Waals surface area contributed by atoms with E-state index in [9.17, 15) is 9.90 Å². The van der Waals surface area contributed by atoms with Crippen LogP contribution in [0.3, 0.4) is 0 Å². The second-order valence-corrected chi connectivity index (χ2v) is 5.18. The summed E-state index contributed by atoms with van der Waals surface area (Å²) in [4.78, 5) is 15.7. The Hall–Kier alpha value is -1.32. The number of hydrogen-bond donors (Lipinski definition) is 1. The molecule has 0 aromatic carbocycles. The maximum absolute atomic E-state index is 11.2. The van der Waals surface area contributed by atoms with Crippen molar-refractivity contribution in [2.24, 2.45) is 0 Å². The van der Waals surface area contributed by atoms with E-state index in [1.807, 2.05) is 0 Å². The highest BCUT2D eigenvalue weighted by Gasteiger charge is 2.34. The Labute approximate surface area is 100 Å². The predicted molar refractivity (Wildman–Crippen MR) is 61.3 cm³/mol. The normalized spacial score (nSPS) is 21.6. The zero-order valence-corrected chi connectivity index (χ0v) is 9.82. The van der Waals surface area contributed by atoms with Gasteiger partial charge in [-0.3, -0.25) is 0 Å². The van der Waals surface area contributed by atoms with Gasteiger partial charge in [-0.05, 0) is 25.7 Å². The molecule has 0 atom stereocenters. The van der Waals surface area contributed by atoms with Gasteiger partial charge in [0.2, 0.25) is 5.76 Å². The first-order valence-electron chi connectivity index (χ1n) is 6.49. The van der Waals surface area contributed by atoms with Gasteiger partial charge >= 0.3 is 5.97 Å². The van der Waals surface area contributed by atoms with E-state index >= 15 is 0 Å². The molecule has 1 aromatic heterocycles. The summed E-state index contributed by atoms with van der Waals surface area (Å²) >= 11 is 0. The Morgan fingerprint density at radius 1 is 1.12 bits per heavy atom. The summed E-state index contributed by atoms with van der Waals surface area (Å²) in [6.07, 6.45) is 7.89. The van der Waals surface area contributed by atoms with Gasteiger partial charge in [0.25, 0.3) is 0 Å². The summed E-state index contributed by atoms with van der Waals surface area (Å²) in [7, 11) is 0. The molecule has 4 heteroatoms. The lowest BCUT2D eigenvalue weighted by Crippen LogP contribution is -2.09. The number of carboxylic acid groups (broad SMARTS) is 1. The molecule has 4 nitrogen and oxygen atoms in total. The van der Waals surface area contributed by atoms with Gasteiger partial charge in [0.15, 0.2) is 5.89 Å². The van der Waals surface area contributed by atoms with Gasteiger partial charge in [0.05, 0.1) is 5.69 Å². The van der Waals surface area contributed by atoms with E-state index in [0.29, 0.717) is 23.4 Å². The van der Waals surface area contributed by atoms with Crippen molar-refractivity contribution in [3.05, 3.63) is 17.3 Å². The molecule has 3 rings (SSSR count). The molecule has 0 saturated heterocycles. The molecule has 2 aliphatic carbocycles. The highest BCUT2D eigenvalue weighted by molar-refractivity contribution is 5.85. The first kappa shape index (κ1) is 10.8. The van der Waals surface area contributed by atoms with E-state index in [4.69, 9.17) is 4.42 Å². The summed E-state index contributed by atoms with van der Waals surface area (Å²) in [6, 6.07) is 0. The number of aromatic nitrogens is 1. The maximum atomic E-state index is 11.2. The van der Waals surface area contributed by atoms with E-state index in [-0.39, 0.29) is 5.76 Å². The van der Waals surface area contributed by atoms with Gasteiger partial charge in [-0.25, -0.2) is 9.78 Å². The van der Waals surface area contributed by atoms with Gasteiger partial charge in [0.1, 0.15) is 0 Å². The average Bonchev–Trinajstić information content (AvgIpc) is 3.09. The summed E-state index contributed by atoms with van der Waals surface area (Å²) < 4.78 is 5.44. The van der Waals surface area contributed by atoms with Gasteiger partial charge in [-0.15, -0.1) is 0 Å². The fourth-order valence-electron chi connectivity index (χ4n) is 2.66. The fraction of sp³-hybridized carbons (Fsp3) is 0.692. The molecule has 1 aromatic rings. The second kappa shape index (κ2) is 4.17. The van der Waals surface area contributed by atoms with Gasteiger partial charge in [0, 0.05) is 11.8 Å². The molecule has 0 radical (unpaired) electrons. The highest BCUT2D eigenvalue weighted by atomic mass is 16.4. The lowest BCUT2D eigenvalue weighted by atomic mass is 9.86.